The van der Waals surface area contributed by atoms with Crippen LogP contribution < -0.4 is 0 Å². The highest BCUT2D eigenvalue weighted by Crippen LogP contribution is 2.39. The Hall–Kier alpha value is -6.85. The molecule has 0 aliphatic rings. The monoisotopic (exact) mass is 639 g/mol. The minimum atomic E-state index is 0.693. The summed E-state index contributed by atoms with van der Waals surface area (Å²) in [5, 5.41) is 3.54. The molecule has 10 aromatic rings. The minimum absolute atomic E-state index is 0.693. The second-order valence-electron chi connectivity index (χ2n) is 12.5. The summed E-state index contributed by atoms with van der Waals surface area (Å²) < 4.78 is 4.61. The first-order chi connectivity index (χ1) is 24.8. The van der Waals surface area contributed by atoms with Gasteiger partial charge >= 0.3 is 0 Å². The van der Waals surface area contributed by atoms with Crippen LogP contribution in [0.1, 0.15) is 0 Å². The molecule has 0 saturated heterocycles. The van der Waals surface area contributed by atoms with Gasteiger partial charge in [0.15, 0.2) is 5.82 Å². The van der Waals surface area contributed by atoms with E-state index in [0.29, 0.717) is 5.82 Å². The predicted molar refractivity (Wildman–Crippen MR) is 205 cm³/mol. The fourth-order valence-corrected chi connectivity index (χ4v) is 7.36. The summed E-state index contributed by atoms with van der Waals surface area (Å²) in [7, 11) is 0. The number of nitrogens with zero attached hydrogens (tertiary/aromatic N) is 5. The highest BCUT2D eigenvalue weighted by atomic mass is 15.0. The van der Waals surface area contributed by atoms with Gasteiger partial charge in [0, 0.05) is 39.2 Å². The number of aromatic nitrogens is 5. The fourth-order valence-electron chi connectivity index (χ4n) is 7.36. The Kier molecular flexibility index (Phi) is 6.42. The number of pyridine rings is 1. The number of fused-ring (bicyclic) bond motifs is 6. The van der Waals surface area contributed by atoms with Crippen molar-refractivity contribution in [3.8, 4) is 45.1 Å². The molecule has 4 heterocycles. The van der Waals surface area contributed by atoms with Crippen molar-refractivity contribution in [3.63, 3.8) is 0 Å². The summed E-state index contributed by atoms with van der Waals surface area (Å²) >= 11 is 0. The third-order valence-electron chi connectivity index (χ3n) is 9.63. The molecule has 0 saturated carbocycles. The van der Waals surface area contributed by atoms with E-state index in [1.807, 2.05) is 54.9 Å². The third kappa shape index (κ3) is 4.45. The number of para-hydroxylation sites is 2. The lowest BCUT2D eigenvalue weighted by atomic mass is 10.0. The van der Waals surface area contributed by atoms with Gasteiger partial charge in [0.2, 0.25) is 0 Å². The van der Waals surface area contributed by atoms with Gasteiger partial charge in [-0.25, -0.2) is 9.97 Å². The number of rotatable bonds is 5. The van der Waals surface area contributed by atoms with E-state index in [2.05, 4.69) is 130 Å². The highest BCUT2D eigenvalue weighted by molar-refractivity contribution is 6.12. The second kappa shape index (κ2) is 11.4. The van der Waals surface area contributed by atoms with E-state index in [9.17, 15) is 0 Å². The molecule has 5 heteroatoms. The molecule has 6 aromatic carbocycles. The van der Waals surface area contributed by atoms with Crippen LogP contribution in [0.5, 0.6) is 0 Å². The van der Waals surface area contributed by atoms with Crippen LogP contribution in [-0.4, -0.2) is 24.1 Å². The molecule has 0 bridgehead atoms. The van der Waals surface area contributed by atoms with Crippen molar-refractivity contribution in [3.05, 3.63) is 176 Å². The first-order valence-corrected chi connectivity index (χ1v) is 16.8. The van der Waals surface area contributed by atoms with Gasteiger partial charge in [0.1, 0.15) is 0 Å². The van der Waals surface area contributed by atoms with Gasteiger partial charge < -0.3 is 9.13 Å². The van der Waals surface area contributed by atoms with Crippen molar-refractivity contribution < 1.29 is 0 Å². The van der Waals surface area contributed by atoms with Crippen molar-refractivity contribution in [2.45, 2.75) is 0 Å². The topological polar surface area (TPSA) is 48.5 Å². The molecule has 0 aliphatic carbocycles. The number of hydrogen-bond acceptors (Lipinski definition) is 3. The molecule has 5 nitrogen and oxygen atoms in total. The Labute approximate surface area is 288 Å². The van der Waals surface area contributed by atoms with Gasteiger partial charge in [0.25, 0.3) is 0 Å². The van der Waals surface area contributed by atoms with Gasteiger partial charge in [0.05, 0.1) is 45.2 Å². The lowest BCUT2D eigenvalue weighted by molar-refractivity contribution is 1.08. The molecule has 0 N–H and O–H groups in total. The van der Waals surface area contributed by atoms with Crippen LogP contribution in [-0.2, 0) is 0 Å². The zero-order valence-electron chi connectivity index (χ0n) is 27.0. The second-order valence-corrected chi connectivity index (χ2v) is 12.5. The molecule has 0 fully saturated rings. The van der Waals surface area contributed by atoms with E-state index < -0.39 is 0 Å². The highest BCUT2D eigenvalue weighted by Gasteiger charge is 2.20. The summed E-state index contributed by atoms with van der Waals surface area (Å²) in [5.41, 5.74) is 12.6. The first-order valence-electron chi connectivity index (χ1n) is 16.8. The zero-order chi connectivity index (χ0) is 33.0. The fraction of sp³-hybridized carbons (Fsp3) is 0. The van der Waals surface area contributed by atoms with Crippen LogP contribution in [0.2, 0.25) is 0 Å². The average Bonchev–Trinajstić information content (AvgIpc) is 3.71. The van der Waals surface area contributed by atoms with Crippen LogP contribution >= 0.6 is 0 Å². The number of hydrogen-bond donors (Lipinski definition) is 0. The molecule has 0 radical (unpaired) electrons. The van der Waals surface area contributed by atoms with Crippen molar-refractivity contribution in [1.82, 2.24) is 24.1 Å². The summed E-state index contributed by atoms with van der Waals surface area (Å²) in [6.07, 6.45) is 3.82. The first kappa shape index (κ1) is 28.2. The summed E-state index contributed by atoms with van der Waals surface area (Å²) in [4.78, 5) is 15.0. The Bertz CT molecular complexity index is 2850. The molecular weight excluding hydrogens is 611 g/mol. The van der Waals surface area contributed by atoms with Crippen LogP contribution in [0.15, 0.2) is 176 Å². The lowest BCUT2D eigenvalue weighted by Crippen LogP contribution is -2.02. The van der Waals surface area contributed by atoms with E-state index >= 15 is 0 Å². The van der Waals surface area contributed by atoms with Crippen molar-refractivity contribution in [2.75, 3.05) is 0 Å². The van der Waals surface area contributed by atoms with Crippen LogP contribution in [0, 0.1) is 0 Å². The van der Waals surface area contributed by atoms with Crippen molar-refractivity contribution in [1.29, 1.82) is 0 Å². The SMILES string of the molecule is c1ccc(-c2ncc(-n3c4ccc(-c5ccc6c(c5)c5ccccc5n6-c5ccccc5)cc4c4ncccc43)c(-c3ccccc3)n2)cc1. The molecule has 0 unspecified atom stereocenters. The van der Waals surface area contributed by atoms with Crippen LogP contribution in [0.3, 0.4) is 0 Å². The summed E-state index contributed by atoms with van der Waals surface area (Å²) in [6, 6.07) is 57.4. The molecule has 0 atom stereocenters. The Morgan fingerprint density at radius 1 is 0.400 bits per heavy atom. The largest absolute Gasteiger partial charge is 0.309 e. The van der Waals surface area contributed by atoms with Crippen molar-refractivity contribution in [2.24, 2.45) is 0 Å². The standard InChI is InChI=1S/C45H29N5/c1-4-13-30(14-5-1)43-42(29-47-45(48-43)31-15-6-2-7-16-31)50-40-25-23-33(28-37(40)44-41(50)21-12-26-46-44)32-22-24-39-36(27-32)35-19-10-11-20-38(35)49(39)34-17-8-3-9-18-34/h1-29H. The Balaban J connectivity index is 1.17. The van der Waals surface area contributed by atoms with E-state index in [4.69, 9.17) is 15.0 Å². The van der Waals surface area contributed by atoms with Crippen LogP contribution in [0.4, 0.5) is 0 Å². The van der Waals surface area contributed by atoms with Crippen LogP contribution in [0.25, 0.3) is 88.9 Å². The molecule has 50 heavy (non-hydrogen) atoms. The van der Waals surface area contributed by atoms with E-state index in [1.165, 1.54) is 21.8 Å². The van der Waals surface area contributed by atoms with Gasteiger partial charge in [-0.2, -0.15) is 0 Å². The lowest BCUT2D eigenvalue weighted by Gasteiger charge is -2.14. The normalized spacial score (nSPS) is 11.6. The van der Waals surface area contributed by atoms with Gasteiger partial charge in [-0.1, -0.05) is 109 Å². The van der Waals surface area contributed by atoms with E-state index in [0.717, 1.165) is 61.3 Å². The average molecular weight is 640 g/mol. The Morgan fingerprint density at radius 2 is 1.00 bits per heavy atom. The third-order valence-corrected chi connectivity index (χ3v) is 9.63. The van der Waals surface area contributed by atoms with Gasteiger partial charge in [-0.3, -0.25) is 4.98 Å². The Morgan fingerprint density at radius 3 is 1.76 bits per heavy atom. The predicted octanol–water partition coefficient (Wildman–Crippen LogP) is 11.1. The maximum Gasteiger partial charge on any atom is 0.159 e. The summed E-state index contributed by atoms with van der Waals surface area (Å²) in [5.74, 6) is 0.693. The van der Waals surface area contributed by atoms with E-state index in [1.54, 1.807) is 0 Å². The smallest absolute Gasteiger partial charge is 0.159 e. The zero-order valence-corrected chi connectivity index (χ0v) is 27.0. The van der Waals surface area contributed by atoms with Gasteiger partial charge in [-0.15, -0.1) is 0 Å². The quantitative estimate of drug-likeness (QED) is 0.188. The molecule has 0 aliphatic heterocycles. The van der Waals surface area contributed by atoms with Gasteiger partial charge in [-0.05, 0) is 65.7 Å². The molecule has 234 valence electrons. The summed E-state index contributed by atoms with van der Waals surface area (Å²) in [6.45, 7) is 0. The number of benzene rings is 6. The molecule has 10 rings (SSSR count). The van der Waals surface area contributed by atoms with Crippen molar-refractivity contribution >= 4 is 43.7 Å². The molecular formula is C45H29N5. The van der Waals surface area contributed by atoms with E-state index in [-0.39, 0.29) is 0 Å². The maximum absolute atomic E-state index is 5.17. The molecule has 0 amide bonds. The maximum atomic E-state index is 5.17. The molecule has 0 spiro atoms. The molecule has 4 aromatic heterocycles. The minimum Gasteiger partial charge on any atom is -0.309 e.